The Hall–Kier alpha value is -2.71. The molecular weight excluding hydrogens is 382 g/mol. The van der Waals surface area contributed by atoms with E-state index in [2.05, 4.69) is 10.3 Å². The van der Waals surface area contributed by atoms with Crippen molar-refractivity contribution in [3.8, 4) is 5.75 Å². The smallest absolute Gasteiger partial charge is 0.266 e. The van der Waals surface area contributed by atoms with Crippen LogP contribution in [0.5, 0.6) is 5.75 Å². The van der Waals surface area contributed by atoms with Crippen molar-refractivity contribution in [2.45, 2.75) is 6.92 Å². The van der Waals surface area contributed by atoms with E-state index in [1.165, 1.54) is 22.9 Å². The summed E-state index contributed by atoms with van der Waals surface area (Å²) in [5, 5.41) is 2.70. The van der Waals surface area contributed by atoms with Crippen LogP contribution in [0.4, 0.5) is 5.69 Å². The summed E-state index contributed by atoms with van der Waals surface area (Å²) >= 11 is 6.45. The largest absolute Gasteiger partial charge is 0.494 e. The molecule has 27 heavy (non-hydrogen) atoms. The van der Waals surface area contributed by atoms with Crippen LogP contribution in [0.15, 0.2) is 53.7 Å². The number of aromatic nitrogens is 1. The van der Waals surface area contributed by atoms with E-state index in [4.69, 9.17) is 17.0 Å². The first-order chi connectivity index (χ1) is 13.1. The number of amides is 2. The molecule has 8 heteroatoms. The van der Waals surface area contributed by atoms with Crippen molar-refractivity contribution >= 4 is 51.9 Å². The topological polar surface area (TPSA) is 71.5 Å². The standard InChI is InChI=1S/C19H17N3O3S2/c1-2-25-15-7-5-13(6-8-15)10-16-18(24)22(19(26)27-16)12-17(23)21-14-4-3-9-20-11-14/h3-11H,2,12H2,1H3,(H,21,23). The van der Waals surface area contributed by atoms with Crippen LogP contribution in [0.2, 0.25) is 0 Å². The van der Waals surface area contributed by atoms with Gasteiger partial charge in [0.2, 0.25) is 5.91 Å². The number of hydrogen-bond donors (Lipinski definition) is 1. The fourth-order valence-electron chi connectivity index (χ4n) is 2.40. The summed E-state index contributed by atoms with van der Waals surface area (Å²) < 4.78 is 5.77. The fourth-order valence-corrected chi connectivity index (χ4v) is 3.65. The third-order valence-electron chi connectivity index (χ3n) is 3.61. The third-order valence-corrected chi connectivity index (χ3v) is 4.99. The molecule has 0 saturated carbocycles. The summed E-state index contributed by atoms with van der Waals surface area (Å²) in [7, 11) is 0. The van der Waals surface area contributed by atoms with Gasteiger partial charge in [-0.2, -0.15) is 0 Å². The number of thioether (sulfide) groups is 1. The average Bonchev–Trinajstić information content (AvgIpc) is 2.92. The summed E-state index contributed by atoms with van der Waals surface area (Å²) in [6.45, 7) is 2.38. The Bertz CT molecular complexity index is 883. The zero-order valence-corrected chi connectivity index (χ0v) is 16.2. The van der Waals surface area contributed by atoms with E-state index in [-0.39, 0.29) is 18.4 Å². The van der Waals surface area contributed by atoms with Crippen LogP contribution in [-0.2, 0) is 9.59 Å². The molecule has 1 aliphatic heterocycles. The zero-order valence-electron chi connectivity index (χ0n) is 14.5. The van der Waals surface area contributed by atoms with E-state index in [0.29, 0.717) is 21.5 Å². The van der Waals surface area contributed by atoms with Gasteiger partial charge in [-0.15, -0.1) is 0 Å². The second kappa shape index (κ2) is 8.79. The normalized spacial score (nSPS) is 15.3. The Morgan fingerprint density at radius 2 is 2.11 bits per heavy atom. The Balaban J connectivity index is 1.66. The molecule has 1 aliphatic rings. The minimum Gasteiger partial charge on any atom is -0.494 e. The first-order valence-electron chi connectivity index (χ1n) is 8.25. The molecule has 1 aromatic heterocycles. The molecule has 1 N–H and O–H groups in total. The number of hydrogen-bond acceptors (Lipinski definition) is 6. The van der Waals surface area contributed by atoms with Crippen LogP contribution < -0.4 is 10.1 Å². The van der Waals surface area contributed by atoms with Crippen LogP contribution in [-0.4, -0.2) is 39.2 Å². The first kappa shape index (κ1) is 19.1. The van der Waals surface area contributed by atoms with Gasteiger partial charge in [-0.3, -0.25) is 19.5 Å². The summed E-state index contributed by atoms with van der Waals surface area (Å²) in [5.41, 5.74) is 1.43. The van der Waals surface area contributed by atoms with Gasteiger partial charge in [0.05, 0.1) is 23.4 Å². The van der Waals surface area contributed by atoms with E-state index in [1.54, 1.807) is 24.4 Å². The maximum atomic E-state index is 12.6. The van der Waals surface area contributed by atoms with Crippen LogP contribution in [0.25, 0.3) is 6.08 Å². The van der Waals surface area contributed by atoms with Gasteiger partial charge in [0, 0.05) is 6.20 Å². The van der Waals surface area contributed by atoms with Gasteiger partial charge in [0.15, 0.2) is 0 Å². The Morgan fingerprint density at radius 3 is 2.78 bits per heavy atom. The summed E-state index contributed by atoms with van der Waals surface area (Å²) in [6.07, 6.45) is 4.91. The highest BCUT2D eigenvalue weighted by Gasteiger charge is 2.33. The fraction of sp³-hybridized carbons (Fsp3) is 0.158. The van der Waals surface area contributed by atoms with E-state index < -0.39 is 0 Å². The number of nitrogens with zero attached hydrogens (tertiary/aromatic N) is 2. The van der Waals surface area contributed by atoms with Gasteiger partial charge < -0.3 is 10.1 Å². The molecule has 0 unspecified atom stereocenters. The summed E-state index contributed by atoms with van der Waals surface area (Å²) in [6, 6.07) is 10.9. The number of ether oxygens (including phenoxy) is 1. The van der Waals surface area contributed by atoms with Gasteiger partial charge in [-0.1, -0.05) is 36.1 Å². The number of nitrogens with one attached hydrogen (secondary N) is 1. The molecule has 2 heterocycles. The number of carbonyl (C=O) groups excluding carboxylic acids is 2. The van der Waals surface area contributed by atoms with Crippen molar-refractivity contribution in [1.82, 2.24) is 9.88 Å². The van der Waals surface area contributed by atoms with Crippen LogP contribution in [0.3, 0.4) is 0 Å². The lowest BCUT2D eigenvalue weighted by molar-refractivity contribution is -0.126. The van der Waals surface area contributed by atoms with Crippen LogP contribution in [0, 0.1) is 0 Å². The van der Waals surface area contributed by atoms with Crippen molar-refractivity contribution in [3.05, 3.63) is 59.3 Å². The molecule has 0 radical (unpaired) electrons. The number of rotatable bonds is 6. The molecule has 1 saturated heterocycles. The number of benzene rings is 1. The van der Waals surface area contributed by atoms with Gasteiger partial charge in [0.1, 0.15) is 16.6 Å². The molecule has 1 fully saturated rings. The number of thiocarbonyl (C=S) groups is 1. The Labute approximate surface area is 166 Å². The highest BCUT2D eigenvalue weighted by molar-refractivity contribution is 8.26. The third kappa shape index (κ3) is 4.93. The minimum atomic E-state index is -0.332. The highest BCUT2D eigenvalue weighted by Crippen LogP contribution is 2.32. The second-order valence-electron chi connectivity index (χ2n) is 5.56. The van der Waals surface area contributed by atoms with Crippen molar-refractivity contribution in [1.29, 1.82) is 0 Å². The molecular formula is C19H17N3O3S2. The number of pyridine rings is 1. The van der Waals surface area contributed by atoms with Gasteiger partial charge in [-0.05, 0) is 42.8 Å². The van der Waals surface area contributed by atoms with Crippen molar-refractivity contribution in [2.24, 2.45) is 0 Å². The monoisotopic (exact) mass is 399 g/mol. The van der Waals surface area contributed by atoms with Gasteiger partial charge >= 0.3 is 0 Å². The average molecular weight is 399 g/mol. The molecule has 138 valence electrons. The SMILES string of the molecule is CCOc1ccc(C=C2SC(=S)N(CC(=O)Nc3cccnc3)C2=O)cc1. The van der Waals surface area contributed by atoms with Gasteiger partial charge in [-0.25, -0.2) is 0 Å². The Kier molecular flexibility index (Phi) is 6.20. The maximum absolute atomic E-state index is 12.6. The molecule has 0 atom stereocenters. The van der Waals surface area contributed by atoms with E-state index >= 15 is 0 Å². The lowest BCUT2D eigenvalue weighted by Gasteiger charge is -2.14. The zero-order chi connectivity index (χ0) is 19.2. The molecule has 0 bridgehead atoms. The lowest BCUT2D eigenvalue weighted by Crippen LogP contribution is -2.36. The predicted molar refractivity (Wildman–Crippen MR) is 110 cm³/mol. The quantitative estimate of drug-likeness (QED) is 0.594. The van der Waals surface area contributed by atoms with Crippen LogP contribution in [0.1, 0.15) is 12.5 Å². The molecule has 2 aromatic rings. The second-order valence-corrected chi connectivity index (χ2v) is 7.24. The molecule has 2 amide bonds. The molecule has 3 rings (SSSR count). The van der Waals surface area contributed by atoms with E-state index in [0.717, 1.165) is 11.3 Å². The molecule has 1 aromatic carbocycles. The molecule has 6 nitrogen and oxygen atoms in total. The van der Waals surface area contributed by atoms with Crippen molar-refractivity contribution < 1.29 is 14.3 Å². The Morgan fingerprint density at radius 1 is 1.33 bits per heavy atom. The molecule has 0 spiro atoms. The first-order valence-corrected chi connectivity index (χ1v) is 9.47. The molecule has 0 aliphatic carbocycles. The lowest BCUT2D eigenvalue weighted by atomic mass is 10.2. The van der Waals surface area contributed by atoms with Crippen molar-refractivity contribution in [3.63, 3.8) is 0 Å². The summed E-state index contributed by atoms with van der Waals surface area (Å²) in [4.78, 5) is 30.5. The maximum Gasteiger partial charge on any atom is 0.266 e. The summed E-state index contributed by atoms with van der Waals surface area (Å²) in [5.74, 6) is 0.163. The number of anilines is 1. The highest BCUT2D eigenvalue weighted by atomic mass is 32.2. The van der Waals surface area contributed by atoms with Crippen LogP contribution >= 0.6 is 24.0 Å². The van der Waals surface area contributed by atoms with E-state index in [1.807, 2.05) is 31.2 Å². The van der Waals surface area contributed by atoms with Gasteiger partial charge in [0.25, 0.3) is 5.91 Å². The minimum absolute atomic E-state index is 0.139. The van der Waals surface area contributed by atoms with E-state index in [9.17, 15) is 9.59 Å². The predicted octanol–water partition coefficient (Wildman–Crippen LogP) is 3.32. The van der Waals surface area contributed by atoms with Crippen molar-refractivity contribution in [2.75, 3.05) is 18.5 Å². The number of carbonyl (C=O) groups is 2.